The van der Waals surface area contributed by atoms with Gasteiger partial charge in [0.05, 0.1) is 44.6 Å². The predicted octanol–water partition coefficient (Wildman–Crippen LogP) is 12.2. The van der Waals surface area contributed by atoms with Crippen molar-refractivity contribution < 1.29 is 0 Å². The maximum atomic E-state index is 11.0. The van der Waals surface area contributed by atoms with Crippen molar-refractivity contribution in [3.8, 4) is 45.8 Å². The summed E-state index contributed by atoms with van der Waals surface area (Å²) in [6.45, 7) is 9.25. The van der Waals surface area contributed by atoms with E-state index in [9.17, 15) is 10.5 Å². The SMILES string of the molecule is CC1(C)c2ccccc2-c2cc3c(cc21)c1cc2c(cc1n3-c1cc(C#N)c(-n3c4ccccc4c4ccccc43)cc1C#N)C(C)(C)c1ccccc1-2. The Balaban J connectivity index is 1.27. The second kappa shape index (κ2) is 10.4. The van der Waals surface area contributed by atoms with E-state index in [2.05, 4.69) is 146 Å². The molecule has 0 unspecified atom stereocenters. The van der Waals surface area contributed by atoms with Crippen molar-refractivity contribution >= 4 is 43.6 Å². The first-order chi connectivity index (χ1) is 26.2. The highest BCUT2D eigenvalue weighted by Crippen LogP contribution is 2.54. The molecule has 0 atom stereocenters. The van der Waals surface area contributed by atoms with E-state index in [1.165, 1.54) is 44.5 Å². The van der Waals surface area contributed by atoms with Gasteiger partial charge in [0, 0.05) is 32.4 Å². The fourth-order valence-corrected chi connectivity index (χ4v) is 9.97. The lowest BCUT2D eigenvalue weighted by Gasteiger charge is -2.22. The van der Waals surface area contributed by atoms with Crippen molar-refractivity contribution in [3.63, 3.8) is 0 Å². The standard InChI is InChI=1S/C50H34N4/c1-49(2)40-18-10-6-14-32(40)36-25-47-38(24-41(36)49)37-23-35-31-13-5-9-17-39(31)50(3,4)42(35)26-48(37)54(47)46-22-29(27-51)45(21-30(46)28-52)53-43-19-11-7-15-33(43)34-16-8-12-20-44(34)53/h5-26H,1-4H3. The molecule has 0 bridgehead atoms. The van der Waals surface area contributed by atoms with Gasteiger partial charge in [-0.3, -0.25) is 0 Å². The molecule has 2 aliphatic rings. The number of benzene rings is 7. The fourth-order valence-electron chi connectivity index (χ4n) is 9.97. The van der Waals surface area contributed by atoms with Crippen molar-refractivity contribution in [1.29, 1.82) is 10.5 Å². The Hall–Kier alpha value is -6.88. The number of nitriles is 2. The molecule has 54 heavy (non-hydrogen) atoms. The molecule has 2 heterocycles. The van der Waals surface area contributed by atoms with Gasteiger partial charge in [-0.2, -0.15) is 10.5 Å². The maximum Gasteiger partial charge on any atom is 0.101 e. The van der Waals surface area contributed by atoms with Gasteiger partial charge in [-0.15, -0.1) is 0 Å². The van der Waals surface area contributed by atoms with Crippen LogP contribution in [0.1, 0.15) is 61.1 Å². The minimum absolute atomic E-state index is 0.171. The molecular weight excluding hydrogens is 657 g/mol. The van der Waals surface area contributed by atoms with Crippen LogP contribution in [-0.4, -0.2) is 9.13 Å². The van der Waals surface area contributed by atoms with E-state index in [4.69, 9.17) is 0 Å². The van der Waals surface area contributed by atoms with Crippen LogP contribution < -0.4 is 0 Å². The molecule has 2 aliphatic carbocycles. The Morgan fingerprint density at radius 1 is 0.389 bits per heavy atom. The summed E-state index contributed by atoms with van der Waals surface area (Å²) in [5.74, 6) is 0. The third kappa shape index (κ3) is 3.75. The molecule has 0 radical (unpaired) electrons. The average Bonchev–Trinajstić information content (AvgIpc) is 3.84. The second-order valence-electron chi connectivity index (χ2n) is 16.0. The zero-order valence-corrected chi connectivity index (χ0v) is 30.5. The molecule has 254 valence electrons. The number of hydrogen-bond acceptors (Lipinski definition) is 2. The van der Waals surface area contributed by atoms with Crippen LogP contribution in [-0.2, 0) is 10.8 Å². The van der Waals surface area contributed by atoms with Crippen LogP contribution in [0.5, 0.6) is 0 Å². The highest BCUT2D eigenvalue weighted by atomic mass is 15.0. The van der Waals surface area contributed by atoms with Crippen LogP contribution in [0.4, 0.5) is 0 Å². The maximum absolute atomic E-state index is 11.0. The Bertz CT molecular complexity index is 3190. The molecule has 9 aromatic rings. The lowest BCUT2D eigenvalue weighted by molar-refractivity contribution is 0.661. The molecule has 0 amide bonds. The highest BCUT2D eigenvalue weighted by molar-refractivity contribution is 6.14. The number of nitrogens with zero attached hydrogens (tertiary/aromatic N) is 4. The van der Waals surface area contributed by atoms with Crippen molar-refractivity contribution in [1.82, 2.24) is 9.13 Å². The average molecular weight is 691 g/mol. The molecule has 0 N–H and O–H groups in total. The third-order valence-corrected chi connectivity index (χ3v) is 12.6. The molecule has 0 saturated carbocycles. The van der Waals surface area contributed by atoms with E-state index in [1.807, 2.05) is 36.4 Å². The van der Waals surface area contributed by atoms with Gasteiger partial charge in [0.2, 0.25) is 0 Å². The van der Waals surface area contributed by atoms with E-state index in [0.29, 0.717) is 22.5 Å². The number of fused-ring (bicyclic) bond motifs is 12. The van der Waals surface area contributed by atoms with Gasteiger partial charge in [0.1, 0.15) is 12.1 Å². The Kier molecular flexibility index (Phi) is 5.90. The van der Waals surface area contributed by atoms with Crippen LogP contribution in [0.2, 0.25) is 0 Å². The van der Waals surface area contributed by atoms with Gasteiger partial charge < -0.3 is 9.13 Å². The fraction of sp³-hybridized carbons (Fsp3) is 0.120. The van der Waals surface area contributed by atoms with Crippen LogP contribution >= 0.6 is 0 Å². The van der Waals surface area contributed by atoms with Crippen LogP contribution in [0.3, 0.4) is 0 Å². The first-order valence-electron chi connectivity index (χ1n) is 18.6. The molecule has 0 saturated heterocycles. The van der Waals surface area contributed by atoms with Gasteiger partial charge in [0.25, 0.3) is 0 Å². The largest absolute Gasteiger partial charge is 0.308 e. The van der Waals surface area contributed by atoms with Crippen molar-refractivity contribution in [2.45, 2.75) is 38.5 Å². The highest BCUT2D eigenvalue weighted by Gasteiger charge is 2.38. The lowest BCUT2D eigenvalue weighted by Crippen LogP contribution is -2.15. The first kappa shape index (κ1) is 30.7. The van der Waals surface area contributed by atoms with Gasteiger partial charge in [-0.05, 0) is 93.0 Å². The third-order valence-electron chi connectivity index (χ3n) is 12.6. The summed E-state index contributed by atoms with van der Waals surface area (Å²) in [5.41, 5.74) is 16.3. The smallest absolute Gasteiger partial charge is 0.101 e. The quantitative estimate of drug-likeness (QED) is 0.181. The molecule has 2 aromatic heterocycles. The topological polar surface area (TPSA) is 57.4 Å². The minimum atomic E-state index is -0.208. The molecule has 11 rings (SSSR count). The lowest BCUT2D eigenvalue weighted by atomic mass is 9.81. The summed E-state index contributed by atoms with van der Waals surface area (Å²) < 4.78 is 4.39. The van der Waals surface area contributed by atoms with Gasteiger partial charge >= 0.3 is 0 Å². The molecule has 4 nitrogen and oxygen atoms in total. The van der Waals surface area contributed by atoms with Crippen molar-refractivity contribution in [2.24, 2.45) is 0 Å². The van der Waals surface area contributed by atoms with E-state index in [0.717, 1.165) is 43.6 Å². The molecule has 0 spiro atoms. The molecular formula is C50H34N4. The summed E-state index contributed by atoms with van der Waals surface area (Å²) in [6, 6.07) is 52.5. The first-order valence-corrected chi connectivity index (χ1v) is 18.6. The predicted molar refractivity (Wildman–Crippen MR) is 220 cm³/mol. The molecule has 7 aromatic carbocycles. The zero-order chi connectivity index (χ0) is 36.7. The van der Waals surface area contributed by atoms with Gasteiger partial charge in [0.15, 0.2) is 0 Å². The van der Waals surface area contributed by atoms with Crippen LogP contribution in [0.25, 0.3) is 77.2 Å². The van der Waals surface area contributed by atoms with Crippen LogP contribution in [0.15, 0.2) is 133 Å². The molecule has 0 fully saturated rings. The summed E-state index contributed by atoms with van der Waals surface area (Å²) >= 11 is 0. The van der Waals surface area contributed by atoms with E-state index >= 15 is 0 Å². The summed E-state index contributed by atoms with van der Waals surface area (Å²) in [6.07, 6.45) is 0. The second-order valence-corrected chi connectivity index (χ2v) is 16.0. The van der Waals surface area contributed by atoms with E-state index in [-0.39, 0.29) is 10.8 Å². The molecule has 0 aliphatic heterocycles. The Labute approximate surface area is 313 Å². The van der Waals surface area contributed by atoms with Crippen molar-refractivity contribution in [3.05, 3.63) is 167 Å². The Morgan fingerprint density at radius 2 is 0.815 bits per heavy atom. The zero-order valence-electron chi connectivity index (χ0n) is 30.5. The van der Waals surface area contributed by atoms with Gasteiger partial charge in [-0.25, -0.2) is 0 Å². The van der Waals surface area contributed by atoms with E-state index in [1.54, 1.807) is 0 Å². The summed E-state index contributed by atoms with van der Waals surface area (Å²) in [5, 5.41) is 26.4. The normalized spacial score (nSPS) is 14.6. The molecule has 4 heteroatoms. The van der Waals surface area contributed by atoms with Crippen LogP contribution in [0, 0.1) is 22.7 Å². The Morgan fingerprint density at radius 3 is 1.37 bits per heavy atom. The van der Waals surface area contributed by atoms with Crippen molar-refractivity contribution in [2.75, 3.05) is 0 Å². The number of hydrogen-bond donors (Lipinski definition) is 0. The minimum Gasteiger partial charge on any atom is -0.308 e. The number of rotatable bonds is 2. The summed E-state index contributed by atoms with van der Waals surface area (Å²) in [7, 11) is 0. The van der Waals surface area contributed by atoms with Gasteiger partial charge in [-0.1, -0.05) is 113 Å². The monoisotopic (exact) mass is 690 g/mol. The number of aromatic nitrogens is 2. The summed E-state index contributed by atoms with van der Waals surface area (Å²) in [4.78, 5) is 0. The van der Waals surface area contributed by atoms with E-state index < -0.39 is 0 Å². The number of para-hydroxylation sites is 2.